The molecule has 0 bridgehead atoms. The molecule has 0 atom stereocenters. The van der Waals surface area contributed by atoms with E-state index in [4.69, 9.17) is 16.3 Å². The van der Waals surface area contributed by atoms with Crippen LogP contribution >= 0.6 is 11.6 Å². The first-order valence-corrected chi connectivity index (χ1v) is 10.1. The Labute approximate surface area is 177 Å². The lowest BCUT2D eigenvalue weighted by Gasteiger charge is -2.27. The summed E-state index contributed by atoms with van der Waals surface area (Å²) in [5, 5.41) is 3.45. The molecule has 0 unspecified atom stereocenters. The van der Waals surface area contributed by atoms with E-state index in [1.807, 2.05) is 0 Å². The number of pyridine rings is 1. The van der Waals surface area contributed by atoms with Crippen molar-refractivity contribution in [1.29, 1.82) is 0 Å². The summed E-state index contributed by atoms with van der Waals surface area (Å²) >= 11 is 6.32. The first-order valence-electron chi connectivity index (χ1n) is 9.73. The Hall–Kier alpha value is -2.32. The third kappa shape index (κ3) is 4.39. The summed E-state index contributed by atoms with van der Waals surface area (Å²) in [6.45, 7) is 2.47. The van der Waals surface area contributed by atoms with Crippen molar-refractivity contribution in [1.82, 2.24) is 9.88 Å². The molecule has 1 aromatic carbocycles. The highest BCUT2D eigenvalue weighted by Gasteiger charge is 2.45. The highest BCUT2D eigenvalue weighted by molar-refractivity contribution is 6.33. The van der Waals surface area contributed by atoms with Gasteiger partial charge in [0.15, 0.2) is 0 Å². The van der Waals surface area contributed by atoms with Crippen LogP contribution in [0.4, 0.5) is 19.0 Å². The minimum Gasteiger partial charge on any atom is -0.378 e. The number of rotatable bonds is 5. The van der Waals surface area contributed by atoms with E-state index in [0.717, 1.165) is 18.9 Å². The number of morpholine rings is 1. The van der Waals surface area contributed by atoms with Crippen molar-refractivity contribution in [3.8, 4) is 0 Å². The number of carbonyl (C=O) groups excluding carboxylic acids is 1. The lowest BCUT2D eigenvalue weighted by atomic mass is 9.94. The van der Waals surface area contributed by atoms with Gasteiger partial charge in [-0.05, 0) is 30.5 Å². The van der Waals surface area contributed by atoms with Crippen molar-refractivity contribution in [2.24, 2.45) is 0 Å². The first-order chi connectivity index (χ1) is 14.3. The van der Waals surface area contributed by atoms with Crippen molar-refractivity contribution < 1.29 is 22.7 Å². The van der Waals surface area contributed by atoms with Crippen LogP contribution in [0.3, 0.4) is 0 Å². The van der Waals surface area contributed by atoms with E-state index in [1.165, 1.54) is 18.3 Å². The highest BCUT2D eigenvalue weighted by Crippen LogP contribution is 2.49. The molecule has 0 radical (unpaired) electrons. The maximum atomic E-state index is 13.0. The van der Waals surface area contributed by atoms with Crippen LogP contribution in [0.15, 0.2) is 36.5 Å². The van der Waals surface area contributed by atoms with Gasteiger partial charge in [-0.15, -0.1) is 0 Å². The largest absolute Gasteiger partial charge is 0.416 e. The van der Waals surface area contributed by atoms with Crippen LogP contribution in [0.5, 0.6) is 0 Å². The van der Waals surface area contributed by atoms with Crippen molar-refractivity contribution in [3.05, 3.63) is 58.2 Å². The van der Waals surface area contributed by atoms with Crippen molar-refractivity contribution in [2.45, 2.75) is 24.4 Å². The standard InChI is InChI=1S/C21H21ClF3N3O2/c22-17-10-14(19(29)28-6-8-30-9-7-28)12-26-18(17)27-13-20(4-5-20)15-2-1-3-16(11-15)21(23,24)25/h1-3,10-12H,4-9,13H2,(H,26,27). The zero-order chi connectivity index (χ0) is 21.4. The third-order valence-electron chi connectivity index (χ3n) is 5.64. The van der Waals surface area contributed by atoms with Gasteiger partial charge in [-0.1, -0.05) is 29.8 Å². The predicted octanol–water partition coefficient (Wildman–Crippen LogP) is 4.37. The lowest BCUT2D eigenvalue weighted by Crippen LogP contribution is -2.40. The zero-order valence-electron chi connectivity index (χ0n) is 16.1. The zero-order valence-corrected chi connectivity index (χ0v) is 16.9. The molecule has 2 aliphatic rings. The molecule has 1 aliphatic carbocycles. The molecule has 160 valence electrons. The molecule has 1 saturated heterocycles. The second kappa shape index (κ2) is 8.07. The molecule has 2 fully saturated rings. The normalized spacial score (nSPS) is 18.2. The van der Waals surface area contributed by atoms with E-state index < -0.39 is 11.7 Å². The quantitative estimate of drug-likeness (QED) is 0.751. The van der Waals surface area contributed by atoms with Crippen LogP contribution in [0, 0.1) is 0 Å². The average Bonchev–Trinajstić information content (AvgIpc) is 3.54. The number of nitrogens with zero attached hydrogens (tertiary/aromatic N) is 2. The van der Waals surface area contributed by atoms with Gasteiger partial charge >= 0.3 is 6.18 Å². The minimum atomic E-state index is -4.37. The number of halogens is 4. The van der Waals surface area contributed by atoms with Crippen LogP contribution in [0.25, 0.3) is 0 Å². The number of hydrogen-bond donors (Lipinski definition) is 1. The lowest BCUT2D eigenvalue weighted by molar-refractivity contribution is -0.137. The van der Waals surface area contributed by atoms with Crippen LogP contribution < -0.4 is 5.32 Å². The molecule has 30 heavy (non-hydrogen) atoms. The molecule has 1 aliphatic heterocycles. The van der Waals surface area contributed by atoms with Crippen LogP contribution in [0.2, 0.25) is 5.02 Å². The number of nitrogens with one attached hydrogen (secondary N) is 1. The number of aromatic nitrogens is 1. The van der Waals surface area contributed by atoms with Crippen LogP contribution in [0.1, 0.15) is 34.3 Å². The molecule has 0 spiro atoms. The van der Waals surface area contributed by atoms with E-state index in [9.17, 15) is 18.0 Å². The third-order valence-corrected chi connectivity index (χ3v) is 5.92. The van der Waals surface area contributed by atoms with E-state index >= 15 is 0 Å². The summed E-state index contributed by atoms with van der Waals surface area (Å²) in [5.41, 5.74) is 0.0362. The predicted molar refractivity (Wildman–Crippen MR) is 107 cm³/mol. The SMILES string of the molecule is O=C(c1cnc(NCC2(c3cccc(C(F)(F)F)c3)CC2)c(Cl)c1)N1CCOCC1. The van der Waals surface area contributed by atoms with Gasteiger partial charge in [0.05, 0.1) is 29.4 Å². The maximum Gasteiger partial charge on any atom is 0.416 e. The van der Waals surface area contributed by atoms with Gasteiger partial charge in [0.25, 0.3) is 5.91 Å². The second-order valence-electron chi connectivity index (χ2n) is 7.67. The molecule has 4 rings (SSSR count). The molecule has 5 nitrogen and oxygen atoms in total. The number of benzene rings is 1. The number of hydrogen-bond acceptors (Lipinski definition) is 4. The van der Waals surface area contributed by atoms with Gasteiger partial charge in [0.1, 0.15) is 5.82 Å². The van der Waals surface area contributed by atoms with Crippen LogP contribution in [-0.4, -0.2) is 48.6 Å². The van der Waals surface area contributed by atoms with Crippen molar-refractivity contribution >= 4 is 23.3 Å². The molecular weight excluding hydrogens is 419 g/mol. The number of ether oxygens (including phenoxy) is 1. The monoisotopic (exact) mass is 439 g/mol. The Bertz CT molecular complexity index is 941. The highest BCUT2D eigenvalue weighted by atomic mass is 35.5. The molecule has 1 saturated carbocycles. The number of alkyl halides is 3. The van der Waals surface area contributed by atoms with Gasteiger partial charge in [0.2, 0.25) is 0 Å². The topological polar surface area (TPSA) is 54.5 Å². The van der Waals surface area contributed by atoms with E-state index in [-0.39, 0.29) is 11.3 Å². The number of carbonyl (C=O) groups is 1. The van der Waals surface area contributed by atoms with Crippen molar-refractivity contribution in [2.75, 3.05) is 38.2 Å². The fraction of sp³-hybridized carbons (Fsp3) is 0.429. The fourth-order valence-corrected chi connectivity index (χ4v) is 3.86. The van der Waals surface area contributed by atoms with E-state index in [1.54, 1.807) is 17.0 Å². The van der Waals surface area contributed by atoms with Gasteiger partial charge < -0.3 is 15.0 Å². The van der Waals surface area contributed by atoms with Crippen molar-refractivity contribution in [3.63, 3.8) is 0 Å². The Morgan fingerprint density at radius 1 is 1.23 bits per heavy atom. The number of amides is 1. The molecule has 1 amide bonds. The molecule has 9 heteroatoms. The van der Waals surface area contributed by atoms with Gasteiger partial charge in [-0.2, -0.15) is 13.2 Å². The molecule has 2 aromatic rings. The van der Waals surface area contributed by atoms with Gasteiger partial charge in [-0.3, -0.25) is 4.79 Å². The summed E-state index contributed by atoms with van der Waals surface area (Å²) in [5.74, 6) is 0.260. The summed E-state index contributed by atoms with van der Waals surface area (Å²) < 4.78 is 44.4. The summed E-state index contributed by atoms with van der Waals surface area (Å²) in [6, 6.07) is 7.03. The fourth-order valence-electron chi connectivity index (χ4n) is 3.63. The summed E-state index contributed by atoms with van der Waals surface area (Å²) in [6.07, 6.45) is -1.33. The van der Waals surface area contributed by atoms with Gasteiger partial charge in [-0.25, -0.2) is 4.98 Å². The Balaban J connectivity index is 1.44. The Morgan fingerprint density at radius 3 is 2.60 bits per heavy atom. The second-order valence-corrected chi connectivity index (χ2v) is 8.08. The summed E-state index contributed by atoms with van der Waals surface area (Å²) in [7, 11) is 0. The first kappa shape index (κ1) is 20.9. The van der Waals surface area contributed by atoms with Gasteiger partial charge in [0, 0.05) is 31.2 Å². The molecule has 1 aromatic heterocycles. The summed E-state index contributed by atoms with van der Waals surface area (Å²) in [4.78, 5) is 18.5. The molecule has 1 N–H and O–H groups in total. The molecule has 2 heterocycles. The maximum absolute atomic E-state index is 13.0. The minimum absolute atomic E-state index is 0.151. The smallest absolute Gasteiger partial charge is 0.378 e. The molecular formula is C21H21ClF3N3O2. The van der Waals surface area contributed by atoms with Crippen LogP contribution in [-0.2, 0) is 16.3 Å². The Morgan fingerprint density at radius 2 is 1.97 bits per heavy atom. The van der Waals surface area contributed by atoms with E-state index in [0.29, 0.717) is 54.8 Å². The van der Waals surface area contributed by atoms with E-state index in [2.05, 4.69) is 10.3 Å². The Kier molecular flexibility index (Phi) is 5.63. The average molecular weight is 440 g/mol. The number of anilines is 1.